The van der Waals surface area contributed by atoms with Crippen LogP contribution in [0.5, 0.6) is 0 Å². The third kappa shape index (κ3) is 1.25. The summed E-state index contributed by atoms with van der Waals surface area (Å²) in [5.41, 5.74) is 0. The first-order chi connectivity index (χ1) is 6.95. The second-order valence-corrected chi connectivity index (χ2v) is 4.28. The second-order valence-electron chi connectivity index (χ2n) is 4.28. The predicted molar refractivity (Wildman–Crippen MR) is 52.9 cm³/mol. The fourth-order valence-electron chi connectivity index (χ4n) is 2.60. The molecule has 14 heavy (non-hydrogen) atoms. The molecule has 0 spiro atoms. The Kier molecular flexibility index (Phi) is 2.01. The minimum absolute atomic E-state index is 0.689. The molecule has 4 nitrogen and oxygen atoms in total. The lowest BCUT2D eigenvalue weighted by molar-refractivity contribution is 0.478. The van der Waals surface area contributed by atoms with Gasteiger partial charge in [0.05, 0.1) is 6.54 Å². The van der Waals surface area contributed by atoms with Gasteiger partial charge < -0.3 is 9.88 Å². The van der Waals surface area contributed by atoms with Crippen LogP contribution < -0.4 is 5.32 Å². The van der Waals surface area contributed by atoms with Crippen molar-refractivity contribution in [3.8, 4) is 0 Å². The molecule has 2 heterocycles. The molecular weight excluding hydrogens is 176 g/mol. The molecule has 1 N–H and O–H groups in total. The van der Waals surface area contributed by atoms with Gasteiger partial charge in [-0.05, 0) is 12.8 Å². The smallest absolute Gasteiger partial charge is 0.147 e. The van der Waals surface area contributed by atoms with E-state index < -0.39 is 0 Å². The third-order valence-corrected chi connectivity index (χ3v) is 3.37. The number of hydrogen-bond donors (Lipinski definition) is 1. The van der Waals surface area contributed by atoms with Crippen molar-refractivity contribution < 1.29 is 0 Å². The van der Waals surface area contributed by atoms with Gasteiger partial charge in [0.15, 0.2) is 0 Å². The first-order valence-corrected chi connectivity index (χ1v) is 5.58. The highest BCUT2D eigenvalue weighted by molar-refractivity contribution is 5.05. The standard InChI is InChI=1S/C10H16N4/c1-2-4-8(3-1)10-13-12-9-7-11-5-6-14(9)10/h8,11H,1-7H2. The number of nitrogens with one attached hydrogen (secondary N) is 1. The molecule has 0 amide bonds. The lowest BCUT2D eigenvalue weighted by Gasteiger charge is -2.18. The average molecular weight is 192 g/mol. The number of fused-ring (bicyclic) bond motifs is 1. The van der Waals surface area contributed by atoms with E-state index >= 15 is 0 Å². The molecule has 0 saturated heterocycles. The SMILES string of the molecule is C1CCC(c2nnc3n2CCNC3)C1. The molecular formula is C10H16N4. The Bertz CT molecular complexity index is 325. The van der Waals surface area contributed by atoms with Gasteiger partial charge in [-0.2, -0.15) is 0 Å². The van der Waals surface area contributed by atoms with Gasteiger partial charge in [-0.25, -0.2) is 0 Å². The molecule has 0 atom stereocenters. The number of rotatable bonds is 1. The van der Waals surface area contributed by atoms with Crippen LogP contribution in [-0.4, -0.2) is 21.3 Å². The van der Waals surface area contributed by atoms with Crippen LogP contribution in [0.15, 0.2) is 0 Å². The first kappa shape index (κ1) is 8.41. The highest BCUT2D eigenvalue weighted by Crippen LogP contribution is 2.33. The summed E-state index contributed by atoms with van der Waals surface area (Å²) in [5.74, 6) is 3.06. The van der Waals surface area contributed by atoms with Crippen molar-refractivity contribution in [2.75, 3.05) is 6.54 Å². The molecule has 1 aliphatic heterocycles. The minimum Gasteiger partial charge on any atom is -0.312 e. The molecule has 1 saturated carbocycles. The highest BCUT2D eigenvalue weighted by atomic mass is 15.3. The highest BCUT2D eigenvalue weighted by Gasteiger charge is 2.25. The van der Waals surface area contributed by atoms with E-state index in [4.69, 9.17) is 0 Å². The van der Waals surface area contributed by atoms with E-state index in [1.165, 1.54) is 31.5 Å². The van der Waals surface area contributed by atoms with Crippen molar-refractivity contribution in [3.05, 3.63) is 11.6 Å². The van der Waals surface area contributed by atoms with Gasteiger partial charge in [0.1, 0.15) is 11.6 Å². The zero-order valence-electron chi connectivity index (χ0n) is 8.37. The number of aromatic nitrogens is 3. The molecule has 0 bridgehead atoms. The third-order valence-electron chi connectivity index (χ3n) is 3.37. The van der Waals surface area contributed by atoms with Gasteiger partial charge in [-0.3, -0.25) is 0 Å². The first-order valence-electron chi connectivity index (χ1n) is 5.58. The maximum Gasteiger partial charge on any atom is 0.147 e. The van der Waals surface area contributed by atoms with Gasteiger partial charge in [0.2, 0.25) is 0 Å². The Morgan fingerprint density at radius 2 is 2.07 bits per heavy atom. The van der Waals surface area contributed by atoms with E-state index in [9.17, 15) is 0 Å². The van der Waals surface area contributed by atoms with E-state index in [0.717, 1.165) is 25.5 Å². The quantitative estimate of drug-likeness (QED) is 0.723. The van der Waals surface area contributed by atoms with Gasteiger partial charge in [0.25, 0.3) is 0 Å². The van der Waals surface area contributed by atoms with Crippen molar-refractivity contribution in [2.24, 2.45) is 0 Å². The van der Waals surface area contributed by atoms with Gasteiger partial charge >= 0.3 is 0 Å². The molecule has 0 aromatic carbocycles. The van der Waals surface area contributed by atoms with Crippen LogP contribution in [0.4, 0.5) is 0 Å². The Labute approximate surface area is 83.7 Å². The summed E-state index contributed by atoms with van der Waals surface area (Å²) in [5, 5.41) is 11.9. The largest absolute Gasteiger partial charge is 0.312 e. The fourth-order valence-corrected chi connectivity index (χ4v) is 2.60. The van der Waals surface area contributed by atoms with Crippen LogP contribution in [0, 0.1) is 0 Å². The van der Waals surface area contributed by atoms with Crippen molar-refractivity contribution in [2.45, 2.75) is 44.7 Å². The van der Waals surface area contributed by atoms with E-state index in [1.54, 1.807) is 0 Å². The molecule has 0 unspecified atom stereocenters. The Morgan fingerprint density at radius 1 is 1.21 bits per heavy atom. The van der Waals surface area contributed by atoms with Crippen LogP contribution in [0.25, 0.3) is 0 Å². The maximum absolute atomic E-state index is 4.35. The molecule has 3 rings (SSSR count). The van der Waals surface area contributed by atoms with Crippen LogP contribution in [0.1, 0.15) is 43.3 Å². The molecule has 2 aliphatic rings. The Morgan fingerprint density at radius 3 is 2.93 bits per heavy atom. The average Bonchev–Trinajstić information content (AvgIpc) is 2.85. The lowest BCUT2D eigenvalue weighted by Crippen LogP contribution is -2.29. The van der Waals surface area contributed by atoms with Gasteiger partial charge in [0, 0.05) is 19.0 Å². The summed E-state index contributed by atoms with van der Waals surface area (Å²) in [6.45, 7) is 3.00. The van der Waals surface area contributed by atoms with Crippen molar-refractivity contribution in [1.29, 1.82) is 0 Å². The molecule has 1 aromatic heterocycles. The summed E-state index contributed by atoms with van der Waals surface area (Å²) in [6.07, 6.45) is 5.35. The van der Waals surface area contributed by atoms with Crippen molar-refractivity contribution in [1.82, 2.24) is 20.1 Å². The number of hydrogen-bond acceptors (Lipinski definition) is 3. The molecule has 4 heteroatoms. The summed E-state index contributed by atoms with van der Waals surface area (Å²) in [4.78, 5) is 0. The fraction of sp³-hybridized carbons (Fsp3) is 0.800. The van der Waals surface area contributed by atoms with Crippen molar-refractivity contribution in [3.63, 3.8) is 0 Å². The lowest BCUT2D eigenvalue weighted by atomic mass is 10.1. The van der Waals surface area contributed by atoms with E-state index in [1.807, 2.05) is 0 Å². The van der Waals surface area contributed by atoms with Crippen LogP contribution in [0.3, 0.4) is 0 Å². The maximum atomic E-state index is 4.35. The van der Waals surface area contributed by atoms with E-state index in [-0.39, 0.29) is 0 Å². The van der Waals surface area contributed by atoms with Crippen molar-refractivity contribution >= 4 is 0 Å². The predicted octanol–water partition coefficient (Wildman–Crippen LogP) is 1.04. The van der Waals surface area contributed by atoms with E-state index in [0.29, 0.717) is 5.92 Å². The molecule has 1 fully saturated rings. The number of nitrogens with zero attached hydrogens (tertiary/aromatic N) is 3. The van der Waals surface area contributed by atoms with E-state index in [2.05, 4.69) is 20.1 Å². The zero-order chi connectivity index (χ0) is 9.38. The molecule has 1 aliphatic carbocycles. The molecule has 0 radical (unpaired) electrons. The Balaban J connectivity index is 1.93. The van der Waals surface area contributed by atoms with Crippen LogP contribution >= 0.6 is 0 Å². The molecule has 76 valence electrons. The summed E-state index contributed by atoms with van der Waals surface area (Å²) in [6, 6.07) is 0. The summed E-state index contributed by atoms with van der Waals surface area (Å²) in [7, 11) is 0. The second kappa shape index (κ2) is 3.35. The van der Waals surface area contributed by atoms with Crippen LogP contribution in [0.2, 0.25) is 0 Å². The van der Waals surface area contributed by atoms with Gasteiger partial charge in [-0.1, -0.05) is 12.8 Å². The normalized spacial score (nSPS) is 22.6. The Hall–Kier alpha value is -0.900. The zero-order valence-corrected chi connectivity index (χ0v) is 8.37. The topological polar surface area (TPSA) is 42.7 Å². The van der Waals surface area contributed by atoms with Gasteiger partial charge in [-0.15, -0.1) is 10.2 Å². The summed E-state index contributed by atoms with van der Waals surface area (Å²) >= 11 is 0. The monoisotopic (exact) mass is 192 g/mol. The minimum atomic E-state index is 0.689. The van der Waals surface area contributed by atoms with Crippen LogP contribution in [-0.2, 0) is 13.1 Å². The summed E-state index contributed by atoms with van der Waals surface area (Å²) < 4.78 is 2.33. The molecule has 1 aromatic rings.